The number of piperidine rings is 1. The quantitative estimate of drug-likeness (QED) is 0.528. The lowest BCUT2D eigenvalue weighted by Gasteiger charge is -2.29. The SMILES string of the molecule is CN(Cc1nc(-c2cccc(N3CCNCC3)c2)no1)C1=CC(=O)N(C2CCC(=O)NC2=O)C1=O. The van der Waals surface area contributed by atoms with Crippen LogP contribution in [0.15, 0.2) is 40.6 Å². The van der Waals surface area contributed by atoms with Crippen LogP contribution in [0.1, 0.15) is 18.7 Å². The molecule has 1 unspecified atom stereocenters. The number of hydrogen-bond acceptors (Lipinski definition) is 10. The molecule has 35 heavy (non-hydrogen) atoms. The van der Waals surface area contributed by atoms with Crippen molar-refractivity contribution in [3.63, 3.8) is 0 Å². The molecule has 2 N–H and O–H groups in total. The number of rotatable bonds is 6. The van der Waals surface area contributed by atoms with E-state index in [1.165, 1.54) is 11.0 Å². The van der Waals surface area contributed by atoms with Gasteiger partial charge in [-0.3, -0.25) is 29.4 Å². The summed E-state index contributed by atoms with van der Waals surface area (Å²) in [6.07, 6.45) is 1.35. The summed E-state index contributed by atoms with van der Waals surface area (Å²) in [6, 6.07) is 6.92. The van der Waals surface area contributed by atoms with Crippen LogP contribution >= 0.6 is 0 Å². The number of likely N-dealkylation sites (N-methyl/N-ethyl adjacent to an activating group) is 1. The third kappa shape index (κ3) is 4.52. The van der Waals surface area contributed by atoms with E-state index in [0.717, 1.165) is 42.3 Å². The van der Waals surface area contributed by atoms with E-state index in [1.54, 1.807) is 7.05 Å². The Balaban J connectivity index is 1.26. The molecule has 0 spiro atoms. The lowest BCUT2D eigenvalue weighted by Crippen LogP contribution is -2.54. The van der Waals surface area contributed by atoms with E-state index in [4.69, 9.17) is 4.52 Å². The van der Waals surface area contributed by atoms with E-state index in [0.29, 0.717) is 5.82 Å². The van der Waals surface area contributed by atoms with Crippen molar-refractivity contribution in [1.82, 2.24) is 30.6 Å². The van der Waals surface area contributed by atoms with E-state index >= 15 is 0 Å². The van der Waals surface area contributed by atoms with Gasteiger partial charge in [0.2, 0.25) is 23.5 Å². The van der Waals surface area contributed by atoms with Crippen molar-refractivity contribution in [1.29, 1.82) is 0 Å². The van der Waals surface area contributed by atoms with Gasteiger partial charge in [-0.1, -0.05) is 17.3 Å². The van der Waals surface area contributed by atoms with Crippen LogP contribution in [0.3, 0.4) is 0 Å². The minimum absolute atomic E-state index is 0.0687. The van der Waals surface area contributed by atoms with Gasteiger partial charge in [0.25, 0.3) is 11.8 Å². The van der Waals surface area contributed by atoms with Gasteiger partial charge < -0.3 is 19.6 Å². The second kappa shape index (κ2) is 9.29. The summed E-state index contributed by atoms with van der Waals surface area (Å²) in [6.45, 7) is 3.80. The maximum absolute atomic E-state index is 12.9. The highest BCUT2D eigenvalue weighted by Gasteiger charge is 2.43. The standard InChI is InChI=1S/C23H25N7O5/c1-28(17-12-20(32)30(23(17)34)16-5-6-18(31)25-22(16)33)13-19-26-21(27-35-19)14-3-2-4-15(11-14)29-9-7-24-8-10-29/h2-4,11-12,16,24H,5-10,13H2,1H3,(H,25,31,33). The third-order valence-corrected chi connectivity index (χ3v) is 6.30. The molecule has 1 atom stereocenters. The Morgan fingerprint density at radius 1 is 1.17 bits per heavy atom. The number of anilines is 1. The summed E-state index contributed by atoms with van der Waals surface area (Å²) in [5, 5.41) is 9.59. The van der Waals surface area contributed by atoms with Crippen molar-refractivity contribution in [3.05, 3.63) is 41.9 Å². The van der Waals surface area contributed by atoms with Crippen molar-refractivity contribution in [3.8, 4) is 11.4 Å². The van der Waals surface area contributed by atoms with Crippen LogP contribution in [-0.4, -0.2) is 82.8 Å². The summed E-state index contributed by atoms with van der Waals surface area (Å²) in [5.74, 6) is -1.56. The van der Waals surface area contributed by atoms with Crippen molar-refractivity contribution in [2.75, 3.05) is 38.1 Å². The third-order valence-electron chi connectivity index (χ3n) is 6.30. The topological polar surface area (TPSA) is 141 Å². The van der Waals surface area contributed by atoms with Crippen LogP contribution in [0, 0.1) is 0 Å². The molecule has 0 radical (unpaired) electrons. The van der Waals surface area contributed by atoms with Crippen LogP contribution < -0.4 is 15.5 Å². The Morgan fingerprint density at radius 3 is 2.74 bits per heavy atom. The lowest BCUT2D eigenvalue weighted by atomic mass is 10.0. The fourth-order valence-corrected chi connectivity index (χ4v) is 4.46. The first-order valence-electron chi connectivity index (χ1n) is 11.4. The van der Waals surface area contributed by atoms with E-state index in [2.05, 4.69) is 25.7 Å². The smallest absolute Gasteiger partial charge is 0.277 e. The van der Waals surface area contributed by atoms with Crippen molar-refractivity contribution >= 4 is 29.3 Å². The first-order valence-corrected chi connectivity index (χ1v) is 11.4. The fourth-order valence-electron chi connectivity index (χ4n) is 4.46. The molecule has 2 fully saturated rings. The fraction of sp³-hybridized carbons (Fsp3) is 0.391. The number of amides is 4. The molecule has 2 saturated heterocycles. The zero-order chi connectivity index (χ0) is 24.5. The van der Waals surface area contributed by atoms with Crippen LogP contribution in [0.25, 0.3) is 11.4 Å². The van der Waals surface area contributed by atoms with E-state index in [-0.39, 0.29) is 31.0 Å². The highest BCUT2D eigenvalue weighted by atomic mass is 16.5. The van der Waals surface area contributed by atoms with Crippen LogP contribution in [0.5, 0.6) is 0 Å². The van der Waals surface area contributed by atoms with Gasteiger partial charge in [0, 0.05) is 57.0 Å². The van der Waals surface area contributed by atoms with Crippen molar-refractivity contribution in [2.24, 2.45) is 0 Å². The number of aromatic nitrogens is 2. The molecule has 1 aromatic heterocycles. The first-order chi connectivity index (χ1) is 16.9. The molecular formula is C23H25N7O5. The molecule has 1 aromatic carbocycles. The number of carbonyl (C=O) groups excluding carboxylic acids is 4. The average Bonchev–Trinajstić information content (AvgIpc) is 3.44. The van der Waals surface area contributed by atoms with Crippen LogP contribution in [-0.2, 0) is 25.7 Å². The van der Waals surface area contributed by atoms with Gasteiger partial charge in [-0.05, 0) is 18.6 Å². The minimum Gasteiger partial charge on any atom is -0.369 e. The summed E-state index contributed by atoms with van der Waals surface area (Å²) in [7, 11) is 1.62. The number of carbonyl (C=O) groups is 4. The Bertz CT molecular complexity index is 1220. The number of imide groups is 2. The summed E-state index contributed by atoms with van der Waals surface area (Å²) >= 11 is 0. The number of benzene rings is 1. The van der Waals surface area contributed by atoms with Gasteiger partial charge in [-0.25, -0.2) is 0 Å². The van der Waals surface area contributed by atoms with Gasteiger partial charge >= 0.3 is 0 Å². The Kier molecular flexibility index (Phi) is 6.03. The van der Waals surface area contributed by atoms with Gasteiger partial charge in [-0.2, -0.15) is 4.98 Å². The molecule has 3 aliphatic heterocycles. The molecule has 0 aliphatic carbocycles. The monoisotopic (exact) mass is 479 g/mol. The molecule has 4 amide bonds. The van der Waals surface area contributed by atoms with E-state index < -0.39 is 29.7 Å². The van der Waals surface area contributed by atoms with E-state index in [1.807, 2.05) is 24.3 Å². The van der Waals surface area contributed by atoms with Gasteiger partial charge in [0.05, 0.1) is 6.54 Å². The molecule has 5 rings (SSSR count). The molecule has 0 bridgehead atoms. The number of hydrogen-bond donors (Lipinski definition) is 2. The highest BCUT2D eigenvalue weighted by molar-refractivity contribution is 6.18. The largest absolute Gasteiger partial charge is 0.369 e. The van der Waals surface area contributed by atoms with Gasteiger partial charge in [0.15, 0.2) is 0 Å². The zero-order valence-electron chi connectivity index (χ0n) is 19.2. The van der Waals surface area contributed by atoms with Crippen LogP contribution in [0.4, 0.5) is 5.69 Å². The maximum Gasteiger partial charge on any atom is 0.277 e. The van der Waals surface area contributed by atoms with Crippen LogP contribution in [0.2, 0.25) is 0 Å². The van der Waals surface area contributed by atoms with Crippen molar-refractivity contribution < 1.29 is 23.7 Å². The summed E-state index contributed by atoms with van der Waals surface area (Å²) in [5.41, 5.74) is 2.01. The molecule has 182 valence electrons. The zero-order valence-corrected chi connectivity index (χ0v) is 19.2. The number of nitrogens with zero attached hydrogens (tertiary/aromatic N) is 5. The molecule has 12 nitrogen and oxygen atoms in total. The predicted octanol–water partition coefficient (Wildman–Crippen LogP) is -0.364. The molecular weight excluding hydrogens is 454 g/mol. The van der Waals surface area contributed by atoms with Crippen molar-refractivity contribution in [2.45, 2.75) is 25.4 Å². The Labute approximate surface area is 200 Å². The normalized spacial score (nSPS) is 20.8. The predicted molar refractivity (Wildman–Crippen MR) is 122 cm³/mol. The van der Waals surface area contributed by atoms with E-state index in [9.17, 15) is 19.2 Å². The second-order valence-corrected chi connectivity index (χ2v) is 8.67. The minimum atomic E-state index is -1.01. The molecule has 12 heteroatoms. The molecule has 4 heterocycles. The van der Waals surface area contributed by atoms with Gasteiger partial charge in [0.1, 0.15) is 11.7 Å². The lowest BCUT2D eigenvalue weighted by molar-refractivity contribution is -0.150. The highest BCUT2D eigenvalue weighted by Crippen LogP contribution is 2.26. The van der Waals surface area contributed by atoms with Gasteiger partial charge in [-0.15, -0.1) is 0 Å². The molecule has 3 aliphatic rings. The summed E-state index contributed by atoms with van der Waals surface area (Å²) < 4.78 is 5.40. The summed E-state index contributed by atoms with van der Waals surface area (Å²) in [4.78, 5) is 58.2. The second-order valence-electron chi connectivity index (χ2n) is 8.67. The average molecular weight is 479 g/mol. The Morgan fingerprint density at radius 2 is 1.97 bits per heavy atom. The molecule has 2 aromatic rings. The number of nitrogens with one attached hydrogen (secondary N) is 2. The Hall–Kier alpha value is -4.06. The maximum atomic E-state index is 12.9. The number of piperazine rings is 1. The molecule has 0 saturated carbocycles. The first kappa shape index (κ1) is 22.7.